The minimum atomic E-state index is -1.30. The summed E-state index contributed by atoms with van der Waals surface area (Å²) in [5.41, 5.74) is -1.30. The fourth-order valence-electron chi connectivity index (χ4n) is 1.40. The van der Waals surface area contributed by atoms with Crippen LogP contribution in [0.15, 0.2) is 17.1 Å². The van der Waals surface area contributed by atoms with Gasteiger partial charge in [0.25, 0.3) is 0 Å². The molecule has 0 aliphatic rings. The van der Waals surface area contributed by atoms with E-state index in [1.165, 1.54) is 0 Å². The Bertz CT molecular complexity index is 365. The quantitative estimate of drug-likeness (QED) is 0.465. The van der Waals surface area contributed by atoms with Gasteiger partial charge in [-0.1, -0.05) is 0 Å². The second-order valence-electron chi connectivity index (χ2n) is 3.54. The van der Waals surface area contributed by atoms with Crippen LogP contribution in [-0.2, 0) is 24.5 Å². The molecule has 0 atom stereocenters. The number of ether oxygens (including phenoxy) is 2. The summed E-state index contributed by atoms with van der Waals surface area (Å²) < 4.78 is 10.8. The zero-order valence-corrected chi connectivity index (χ0v) is 11.9. The molecule has 0 N–H and O–H groups in total. The number of carbonyl (C=O) groups excluding carboxylic acids is 2. The van der Waals surface area contributed by atoms with Gasteiger partial charge in [-0.3, -0.25) is 0 Å². The summed E-state index contributed by atoms with van der Waals surface area (Å²) in [5.74, 6) is -1.06. The molecule has 0 amide bonds. The first-order valence-corrected chi connectivity index (χ1v) is 7.30. The number of esters is 2. The molecule has 0 aliphatic heterocycles. The molecule has 0 radical (unpaired) electrons. The third-order valence-corrected chi connectivity index (χ3v) is 4.67. The molecule has 1 aromatic heterocycles. The van der Waals surface area contributed by atoms with Crippen molar-refractivity contribution in [3.63, 3.8) is 0 Å². The Morgan fingerprint density at radius 2 is 1.76 bits per heavy atom. The number of hydrogen-bond donors (Lipinski definition) is 0. The van der Waals surface area contributed by atoms with E-state index in [9.17, 15) is 9.59 Å². The molecule has 0 unspecified atom stereocenters. The van der Waals surface area contributed by atoms with Crippen molar-refractivity contribution in [1.82, 2.24) is 0 Å². The SMILES string of the molecule is CCOC(=O)C(C)(C(=O)OCC)c1ccc[se]1. The summed E-state index contributed by atoms with van der Waals surface area (Å²) in [4.78, 5) is 25.9. The van der Waals surface area contributed by atoms with Crippen molar-refractivity contribution in [3.05, 3.63) is 21.5 Å². The third-order valence-electron chi connectivity index (χ3n) is 2.38. The molecule has 0 aromatic carbocycles. The fraction of sp³-hybridized carbons (Fsp3) is 0.500. The van der Waals surface area contributed by atoms with Gasteiger partial charge in [0.15, 0.2) is 0 Å². The second-order valence-corrected chi connectivity index (χ2v) is 5.53. The molecule has 0 aliphatic carbocycles. The van der Waals surface area contributed by atoms with Crippen LogP contribution in [0.4, 0.5) is 0 Å². The molecule has 0 saturated heterocycles. The summed E-state index contributed by atoms with van der Waals surface area (Å²) in [6, 6.07) is 3.65. The Kier molecular flexibility index (Phi) is 4.97. The monoisotopic (exact) mass is 304 g/mol. The first-order chi connectivity index (χ1) is 8.07. The summed E-state index contributed by atoms with van der Waals surface area (Å²) in [5, 5.41) is 0. The number of carbonyl (C=O) groups is 2. The predicted molar refractivity (Wildman–Crippen MR) is 64.0 cm³/mol. The molecule has 17 heavy (non-hydrogen) atoms. The van der Waals surface area contributed by atoms with Crippen LogP contribution >= 0.6 is 0 Å². The van der Waals surface area contributed by atoms with Gasteiger partial charge < -0.3 is 0 Å². The van der Waals surface area contributed by atoms with Crippen LogP contribution in [0.2, 0.25) is 0 Å². The third kappa shape index (κ3) is 2.79. The van der Waals surface area contributed by atoms with E-state index in [1.807, 2.05) is 11.0 Å². The van der Waals surface area contributed by atoms with Crippen LogP contribution in [0, 0.1) is 0 Å². The molecule has 1 rings (SSSR count). The van der Waals surface area contributed by atoms with Crippen molar-refractivity contribution < 1.29 is 19.1 Å². The van der Waals surface area contributed by atoms with E-state index in [4.69, 9.17) is 9.47 Å². The molecule has 0 fully saturated rings. The Hall–Kier alpha value is -1.06. The molecule has 0 saturated carbocycles. The number of rotatable bonds is 5. The zero-order chi connectivity index (χ0) is 12.9. The molecule has 1 aromatic rings. The van der Waals surface area contributed by atoms with Crippen LogP contribution in [0.25, 0.3) is 0 Å². The van der Waals surface area contributed by atoms with E-state index in [1.54, 1.807) is 26.8 Å². The van der Waals surface area contributed by atoms with Crippen molar-refractivity contribution >= 4 is 26.4 Å². The maximum absolute atomic E-state index is 12.0. The Balaban J connectivity index is 3.09. The first kappa shape index (κ1) is 14.0. The van der Waals surface area contributed by atoms with E-state index in [0.29, 0.717) is 0 Å². The zero-order valence-electron chi connectivity index (χ0n) is 10.2. The van der Waals surface area contributed by atoms with Crippen LogP contribution in [0.5, 0.6) is 0 Å². The predicted octanol–water partition coefficient (Wildman–Crippen LogP) is 1.13. The Labute approximate surface area is 107 Å². The van der Waals surface area contributed by atoms with E-state index < -0.39 is 17.4 Å². The van der Waals surface area contributed by atoms with E-state index >= 15 is 0 Å². The van der Waals surface area contributed by atoms with Gasteiger partial charge in [-0.25, -0.2) is 0 Å². The van der Waals surface area contributed by atoms with Gasteiger partial charge in [-0.15, -0.1) is 0 Å². The summed E-state index contributed by atoms with van der Waals surface area (Å²) in [7, 11) is 0. The molecular formula is C12H16O4Se. The topological polar surface area (TPSA) is 52.6 Å². The van der Waals surface area contributed by atoms with Crippen LogP contribution in [0.1, 0.15) is 25.2 Å². The standard InChI is InChI=1S/C12H16O4Se/c1-4-15-10(13)12(3,11(14)16-5-2)9-7-6-8-17-9/h6-8H,4-5H2,1-3H3. The van der Waals surface area contributed by atoms with Gasteiger partial charge in [0.05, 0.1) is 0 Å². The van der Waals surface area contributed by atoms with Gasteiger partial charge in [-0.05, 0) is 0 Å². The van der Waals surface area contributed by atoms with Crippen molar-refractivity contribution in [1.29, 1.82) is 0 Å². The molecule has 1 heterocycles. The number of hydrogen-bond acceptors (Lipinski definition) is 4. The second kappa shape index (κ2) is 6.03. The fourth-order valence-corrected chi connectivity index (χ4v) is 3.21. The van der Waals surface area contributed by atoms with E-state index in [2.05, 4.69) is 0 Å². The van der Waals surface area contributed by atoms with Crippen molar-refractivity contribution in [3.8, 4) is 0 Å². The van der Waals surface area contributed by atoms with Gasteiger partial charge in [0.1, 0.15) is 0 Å². The average molecular weight is 303 g/mol. The first-order valence-electron chi connectivity index (χ1n) is 5.45. The van der Waals surface area contributed by atoms with E-state index in [-0.39, 0.29) is 27.7 Å². The minimum absolute atomic E-state index is 0.00821. The van der Waals surface area contributed by atoms with Crippen molar-refractivity contribution in [2.24, 2.45) is 0 Å². The van der Waals surface area contributed by atoms with Gasteiger partial charge in [-0.2, -0.15) is 0 Å². The van der Waals surface area contributed by atoms with E-state index in [0.717, 1.165) is 4.44 Å². The molecule has 0 spiro atoms. The Morgan fingerprint density at radius 1 is 1.24 bits per heavy atom. The molecule has 5 heteroatoms. The molecule has 0 bridgehead atoms. The average Bonchev–Trinajstić information content (AvgIpc) is 2.82. The van der Waals surface area contributed by atoms with Crippen molar-refractivity contribution in [2.75, 3.05) is 13.2 Å². The molecular weight excluding hydrogens is 287 g/mol. The van der Waals surface area contributed by atoms with Gasteiger partial charge in [0.2, 0.25) is 0 Å². The van der Waals surface area contributed by atoms with Crippen LogP contribution in [-0.4, -0.2) is 39.7 Å². The molecule has 4 nitrogen and oxygen atoms in total. The molecule has 94 valence electrons. The van der Waals surface area contributed by atoms with Crippen molar-refractivity contribution in [2.45, 2.75) is 26.2 Å². The summed E-state index contributed by atoms with van der Waals surface area (Å²) in [6.45, 7) is 5.51. The maximum atomic E-state index is 12.0. The summed E-state index contributed by atoms with van der Waals surface area (Å²) in [6.07, 6.45) is 0. The van der Waals surface area contributed by atoms with Gasteiger partial charge in [0, 0.05) is 0 Å². The Morgan fingerprint density at radius 3 is 2.12 bits per heavy atom. The van der Waals surface area contributed by atoms with Gasteiger partial charge >= 0.3 is 106 Å². The summed E-state index contributed by atoms with van der Waals surface area (Å²) >= 11 is 0.00821. The van der Waals surface area contributed by atoms with Crippen LogP contribution < -0.4 is 0 Å². The van der Waals surface area contributed by atoms with Crippen LogP contribution in [0.3, 0.4) is 0 Å². The normalized spacial score (nSPS) is 11.0.